The molecular formula is C13H15NO3. The van der Waals surface area contributed by atoms with E-state index >= 15 is 0 Å². The van der Waals surface area contributed by atoms with Crippen molar-refractivity contribution in [3.05, 3.63) is 29.7 Å². The summed E-state index contributed by atoms with van der Waals surface area (Å²) in [6.07, 6.45) is 9.17. The summed E-state index contributed by atoms with van der Waals surface area (Å²) in [7, 11) is 3.16. The van der Waals surface area contributed by atoms with Gasteiger partial charge in [0.1, 0.15) is 0 Å². The van der Waals surface area contributed by atoms with E-state index in [1.165, 1.54) is 6.26 Å². The molecule has 0 aliphatic rings. The van der Waals surface area contributed by atoms with Crippen LogP contribution in [0, 0.1) is 12.3 Å². The van der Waals surface area contributed by atoms with Gasteiger partial charge in [0, 0.05) is 20.8 Å². The lowest BCUT2D eigenvalue weighted by Crippen LogP contribution is -2.19. The third kappa shape index (κ3) is 3.23. The summed E-state index contributed by atoms with van der Waals surface area (Å²) in [4.78, 5) is 11.7. The summed E-state index contributed by atoms with van der Waals surface area (Å²) < 4.78 is 10.2. The Hall–Kier alpha value is -1.99. The van der Waals surface area contributed by atoms with E-state index in [-0.39, 0.29) is 5.91 Å². The SMILES string of the molecule is C#Cc1ccoc1/C(=C\CCOC)C(=O)NC. The molecule has 0 saturated heterocycles. The van der Waals surface area contributed by atoms with Crippen LogP contribution in [0.5, 0.6) is 0 Å². The Morgan fingerprint density at radius 3 is 3.06 bits per heavy atom. The molecule has 0 unspecified atom stereocenters. The van der Waals surface area contributed by atoms with Crippen molar-refractivity contribution in [1.29, 1.82) is 0 Å². The molecule has 0 spiro atoms. The summed E-state index contributed by atoms with van der Waals surface area (Å²) in [6.45, 7) is 0.534. The number of amides is 1. The van der Waals surface area contributed by atoms with E-state index in [0.717, 1.165) is 0 Å². The van der Waals surface area contributed by atoms with Crippen LogP contribution in [0.1, 0.15) is 17.7 Å². The van der Waals surface area contributed by atoms with Gasteiger partial charge < -0.3 is 14.5 Å². The van der Waals surface area contributed by atoms with Crippen molar-refractivity contribution >= 4 is 11.5 Å². The largest absolute Gasteiger partial charge is 0.463 e. The Kier molecular flexibility index (Phi) is 5.05. The lowest BCUT2D eigenvalue weighted by Gasteiger charge is -2.04. The fraction of sp³-hybridized carbons (Fsp3) is 0.308. The van der Waals surface area contributed by atoms with Gasteiger partial charge in [0.05, 0.1) is 17.4 Å². The van der Waals surface area contributed by atoms with Crippen LogP contribution in [0.2, 0.25) is 0 Å². The first-order valence-electron chi connectivity index (χ1n) is 5.20. The summed E-state index contributed by atoms with van der Waals surface area (Å²) in [5.41, 5.74) is 1.000. The number of terminal acetylenes is 1. The van der Waals surface area contributed by atoms with Crippen LogP contribution in [-0.4, -0.2) is 26.7 Å². The topological polar surface area (TPSA) is 51.5 Å². The number of methoxy groups -OCH3 is 1. The van der Waals surface area contributed by atoms with E-state index in [9.17, 15) is 4.79 Å². The van der Waals surface area contributed by atoms with Crippen molar-refractivity contribution in [2.24, 2.45) is 0 Å². The summed E-state index contributed by atoms with van der Waals surface area (Å²) in [6, 6.07) is 1.66. The highest BCUT2D eigenvalue weighted by atomic mass is 16.5. The minimum atomic E-state index is -0.229. The summed E-state index contributed by atoms with van der Waals surface area (Å²) >= 11 is 0. The van der Waals surface area contributed by atoms with E-state index in [0.29, 0.717) is 29.9 Å². The molecule has 0 saturated carbocycles. The molecule has 0 bridgehead atoms. The molecule has 90 valence electrons. The molecule has 1 amide bonds. The molecule has 1 N–H and O–H groups in total. The van der Waals surface area contributed by atoms with Crippen molar-refractivity contribution in [3.8, 4) is 12.3 Å². The smallest absolute Gasteiger partial charge is 0.254 e. The third-order valence-electron chi connectivity index (χ3n) is 2.21. The average Bonchev–Trinajstić information content (AvgIpc) is 2.81. The minimum absolute atomic E-state index is 0.229. The molecule has 1 heterocycles. The fourth-order valence-corrected chi connectivity index (χ4v) is 1.38. The lowest BCUT2D eigenvalue weighted by molar-refractivity contribution is -0.115. The highest BCUT2D eigenvalue weighted by molar-refractivity contribution is 6.19. The maximum absolute atomic E-state index is 11.7. The first-order valence-corrected chi connectivity index (χ1v) is 5.20. The van der Waals surface area contributed by atoms with Gasteiger partial charge in [-0.25, -0.2) is 0 Å². The number of hydrogen-bond acceptors (Lipinski definition) is 3. The lowest BCUT2D eigenvalue weighted by atomic mass is 10.1. The second-order valence-corrected chi connectivity index (χ2v) is 3.29. The zero-order chi connectivity index (χ0) is 12.7. The van der Waals surface area contributed by atoms with Crippen molar-refractivity contribution in [2.75, 3.05) is 20.8 Å². The van der Waals surface area contributed by atoms with Crippen molar-refractivity contribution in [2.45, 2.75) is 6.42 Å². The standard InChI is InChI=1S/C13H15NO3/c1-4-10-7-9-17-12(10)11(13(15)14-2)6-5-8-16-3/h1,6-7,9H,5,8H2,2-3H3,(H,14,15)/b11-6+. The summed E-state index contributed by atoms with van der Waals surface area (Å²) in [5.74, 6) is 2.67. The fourth-order valence-electron chi connectivity index (χ4n) is 1.38. The molecule has 0 atom stereocenters. The second-order valence-electron chi connectivity index (χ2n) is 3.29. The van der Waals surface area contributed by atoms with Gasteiger partial charge in [-0.15, -0.1) is 6.42 Å². The predicted molar refractivity (Wildman–Crippen MR) is 65.2 cm³/mol. The second kappa shape index (κ2) is 6.56. The van der Waals surface area contributed by atoms with Crippen LogP contribution in [0.4, 0.5) is 0 Å². The van der Waals surface area contributed by atoms with Gasteiger partial charge in [-0.3, -0.25) is 4.79 Å². The number of furan rings is 1. The average molecular weight is 233 g/mol. The Morgan fingerprint density at radius 2 is 2.47 bits per heavy atom. The van der Waals surface area contributed by atoms with Crippen molar-refractivity contribution in [1.82, 2.24) is 5.32 Å². The zero-order valence-electron chi connectivity index (χ0n) is 9.95. The minimum Gasteiger partial charge on any atom is -0.463 e. The first-order chi connectivity index (χ1) is 8.24. The predicted octanol–water partition coefficient (Wildman–Crippen LogP) is 1.43. The van der Waals surface area contributed by atoms with Gasteiger partial charge in [0.15, 0.2) is 5.76 Å². The van der Waals surface area contributed by atoms with Crippen molar-refractivity contribution < 1.29 is 13.9 Å². The number of carbonyl (C=O) groups excluding carboxylic acids is 1. The van der Waals surface area contributed by atoms with Crippen molar-refractivity contribution in [3.63, 3.8) is 0 Å². The highest BCUT2D eigenvalue weighted by Crippen LogP contribution is 2.20. The zero-order valence-corrected chi connectivity index (χ0v) is 9.95. The van der Waals surface area contributed by atoms with Crippen LogP contribution in [-0.2, 0) is 9.53 Å². The molecule has 17 heavy (non-hydrogen) atoms. The molecule has 0 aliphatic carbocycles. The number of hydrogen-bond donors (Lipinski definition) is 1. The molecule has 4 nitrogen and oxygen atoms in total. The van der Waals surface area contributed by atoms with E-state index in [4.69, 9.17) is 15.6 Å². The maximum atomic E-state index is 11.7. The van der Waals surface area contributed by atoms with Crippen LogP contribution >= 0.6 is 0 Å². The highest BCUT2D eigenvalue weighted by Gasteiger charge is 2.16. The number of carbonyl (C=O) groups is 1. The number of likely N-dealkylation sites (N-methyl/N-ethyl adjacent to an activating group) is 1. The Bertz CT molecular complexity index is 451. The molecule has 0 fully saturated rings. The normalized spacial score (nSPS) is 11.0. The van der Waals surface area contributed by atoms with Gasteiger partial charge in [-0.05, 0) is 12.5 Å². The number of nitrogens with one attached hydrogen (secondary N) is 1. The molecule has 1 aromatic heterocycles. The van der Waals surface area contributed by atoms with Gasteiger partial charge in [0.2, 0.25) is 0 Å². The summed E-state index contributed by atoms with van der Waals surface area (Å²) in [5, 5.41) is 2.55. The van der Waals surface area contributed by atoms with Gasteiger partial charge in [-0.1, -0.05) is 12.0 Å². The molecule has 0 aromatic carbocycles. The van der Waals surface area contributed by atoms with Crippen LogP contribution < -0.4 is 5.32 Å². The molecule has 0 radical (unpaired) electrons. The Balaban J connectivity index is 3.03. The monoisotopic (exact) mass is 233 g/mol. The van der Waals surface area contributed by atoms with Gasteiger partial charge >= 0.3 is 0 Å². The van der Waals surface area contributed by atoms with Crippen LogP contribution in [0.25, 0.3) is 5.57 Å². The quantitative estimate of drug-likeness (QED) is 0.475. The van der Waals surface area contributed by atoms with E-state index < -0.39 is 0 Å². The molecule has 1 aromatic rings. The van der Waals surface area contributed by atoms with E-state index in [2.05, 4.69) is 11.2 Å². The maximum Gasteiger partial charge on any atom is 0.254 e. The van der Waals surface area contributed by atoms with Gasteiger partial charge in [0.25, 0.3) is 5.91 Å². The number of ether oxygens (including phenoxy) is 1. The first kappa shape index (κ1) is 13.1. The molecule has 1 rings (SSSR count). The van der Waals surface area contributed by atoms with E-state index in [1.807, 2.05) is 0 Å². The number of rotatable bonds is 5. The molecular weight excluding hydrogens is 218 g/mol. The Morgan fingerprint density at radius 1 is 1.71 bits per heavy atom. The van der Waals surface area contributed by atoms with Crippen LogP contribution in [0.15, 0.2) is 22.8 Å². The van der Waals surface area contributed by atoms with Crippen LogP contribution in [0.3, 0.4) is 0 Å². The van der Waals surface area contributed by atoms with E-state index in [1.54, 1.807) is 26.3 Å². The van der Waals surface area contributed by atoms with Gasteiger partial charge in [-0.2, -0.15) is 0 Å². The third-order valence-corrected chi connectivity index (χ3v) is 2.21. The molecule has 4 heteroatoms. The Labute approximate surface area is 101 Å². The molecule has 0 aliphatic heterocycles.